The van der Waals surface area contributed by atoms with Gasteiger partial charge in [-0.1, -0.05) is 105 Å². The predicted octanol–water partition coefficient (Wildman–Crippen LogP) is 9.86. The summed E-state index contributed by atoms with van der Waals surface area (Å²) in [5.41, 5.74) is 7.69. The standard InChI is InChI=1S/C39H27N5.C2H6/c1-22-30-21-34-32(28-12-7-8-14-33(28)42-34)20-31(30)29-13-9-15-35-37(29)36(22)23(2)44(35)39-41-24(3)40-38(43-39)27-18-16-26(17-19-27)25-10-5-4-6-11-25;1-2/h4-21,42H,1H2,2-3H3;1-2H3. The molecule has 5 heteroatoms. The van der Waals surface area contributed by atoms with Crippen molar-refractivity contribution < 1.29 is 0 Å². The van der Waals surface area contributed by atoms with Crippen LogP contribution in [0.3, 0.4) is 0 Å². The number of H-pyrrole nitrogens is 1. The quantitative estimate of drug-likeness (QED) is 0.207. The van der Waals surface area contributed by atoms with Gasteiger partial charge in [0.25, 0.3) is 0 Å². The van der Waals surface area contributed by atoms with Gasteiger partial charge in [-0.3, -0.25) is 4.57 Å². The zero-order chi connectivity index (χ0) is 31.5. The summed E-state index contributed by atoms with van der Waals surface area (Å²) in [5, 5.41) is 9.36. The van der Waals surface area contributed by atoms with Crippen LogP contribution in [0.1, 0.15) is 25.4 Å². The molecule has 3 aromatic heterocycles. The van der Waals surface area contributed by atoms with Gasteiger partial charge in [-0.25, -0.2) is 4.98 Å². The van der Waals surface area contributed by atoms with Crippen LogP contribution in [-0.4, -0.2) is 24.5 Å². The van der Waals surface area contributed by atoms with Crippen molar-refractivity contribution in [1.82, 2.24) is 24.5 Å². The number of nitrogens with one attached hydrogen (secondary N) is 1. The summed E-state index contributed by atoms with van der Waals surface area (Å²) in [4.78, 5) is 18.2. The van der Waals surface area contributed by atoms with Gasteiger partial charge in [0.05, 0.1) is 5.52 Å². The van der Waals surface area contributed by atoms with Gasteiger partial charge in [0.2, 0.25) is 5.95 Å². The third-order valence-electron chi connectivity index (χ3n) is 8.98. The van der Waals surface area contributed by atoms with E-state index >= 15 is 0 Å². The number of aryl methyl sites for hydroxylation is 2. The van der Waals surface area contributed by atoms with Crippen molar-refractivity contribution in [3.8, 4) is 28.5 Å². The molecule has 0 saturated heterocycles. The van der Waals surface area contributed by atoms with Crippen molar-refractivity contribution in [3.05, 3.63) is 126 Å². The molecular formula is C41H33N5. The van der Waals surface area contributed by atoms with E-state index in [9.17, 15) is 0 Å². The van der Waals surface area contributed by atoms with Crippen LogP contribution in [0.15, 0.2) is 109 Å². The lowest BCUT2D eigenvalue weighted by Gasteiger charge is -2.10. The SMILES string of the molecule is C=c1c2cc3[nH]c4ccccc4c3cc2c2cccc3c2c1c(C)n3-c1nc(C)nc(-c2ccc(-c3ccccc3)cc2)n1.CC. The summed E-state index contributed by atoms with van der Waals surface area (Å²) in [6.07, 6.45) is 0. The fourth-order valence-electron chi connectivity index (χ4n) is 6.96. The van der Waals surface area contributed by atoms with Gasteiger partial charge >= 0.3 is 0 Å². The van der Waals surface area contributed by atoms with Crippen molar-refractivity contribution in [3.63, 3.8) is 0 Å². The molecule has 46 heavy (non-hydrogen) atoms. The summed E-state index contributed by atoms with van der Waals surface area (Å²) >= 11 is 0. The molecule has 0 amide bonds. The molecule has 6 aromatic carbocycles. The van der Waals surface area contributed by atoms with Crippen LogP contribution >= 0.6 is 0 Å². The van der Waals surface area contributed by atoms with Gasteiger partial charge in [-0.05, 0) is 70.6 Å². The Morgan fingerprint density at radius 3 is 2.07 bits per heavy atom. The first kappa shape index (κ1) is 27.7. The zero-order valence-corrected chi connectivity index (χ0v) is 26.4. The second kappa shape index (κ2) is 10.7. The Balaban J connectivity index is 0.00000153. The van der Waals surface area contributed by atoms with Crippen LogP contribution in [0.4, 0.5) is 0 Å². The van der Waals surface area contributed by atoms with Crippen LogP contribution in [0.2, 0.25) is 0 Å². The number of benzene rings is 6. The average Bonchev–Trinajstić information content (AvgIpc) is 3.62. The highest BCUT2D eigenvalue weighted by Crippen LogP contribution is 2.38. The fourth-order valence-corrected chi connectivity index (χ4v) is 6.96. The van der Waals surface area contributed by atoms with Crippen molar-refractivity contribution in [2.45, 2.75) is 27.7 Å². The zero-order valence-electron chi connectivity index (χ0n) is 26.4. The maximum atomic E-state index is 5.04. The maximum Gasteiger partial charge on any atom is 0.238 e. The highest BCUT2D eigenvalue weighted by Gasteiger charge is 2.21. The van der Waals surface area contributed by atoms with Gasteiger partial charge in [0.1, 0.15) is 5.82 Å². The van der Waals surface area contributed by atoms with E-state index in [4.69, 9.17) is 15.0 Å². The molecule has 1 N–H and O–H groups in total. The van der Waals surface area contributed by atoms with E-state index in [1.807, 2.05) is 26.8 Å². The number of para-hydroxylation sites is 1. The van der Waals surface area contributed by atoms with Crippen LogP contribution in [0, 0.1) is 13.8 Å². The van der Waals surface area contributed by atoms with Gasteiger partial charge < -0.3 is 4.98 Å². The summed E-state index contributed by atoms with van der Waals surface area (Å²) in [7, 11) is 0. The van der Waals surface area contributed by atoms with Crippen LogP contribution in [0.25, 0.3) is 89.3 Å². The molecule has 0 spiro atoms. The lowest BCUT2D eigenvalue weighted by atomic mass is 9.95. The molecule has 9 aromatic rings. The first-order chi connectivity index (χ1) is 22.5. The molecule has 0 aliphatic carbocycles. The number of fused-ring (bicyclic) bond motifs is 5. The number of nitrogens with zero attached hydrogens (tertiary/aromatic N) is 4. The Morgan fingerprint density at radius 2 is 1.26 bits per heavy atom. The molecule has 0 atom stereocenters. The molecule has 3 heterocycles. The first-order valence-corrected chi connectivity index (χ1v) is 15.8. The summed E-state index contributed by atoms with van der Waals surface area (Å²) in [6, 6.07) is 38.4. The Kier molecular flexibility index (Phi) is 6.43. The molecule has 0 bridgehead atoms. The van der Waals surface area contributed by atoms with Crippen LogP contribution in [0.5, 0.6) is 0 Å². The van der Waals surface area contributed by atoms with Crippen molar-refractivity contribution >= 4 is 60.8 Å². The highest BCUT2D eigenvalue weighted by atomic mass is 15.2. The molecule has 222 valence electrons. The molecular weight excluding hydrogens is 562 g/mol. The van der Waals surface area contributed by atoms with E-state index in [0.717, 1.165) is 49.4 Å². The number of rotatable bonds is 3. The highest BCUT2D eigenvalue weighted by molar-refractivity contribution is 6.25. The molecule has 9 rings (SSSR count). The molecule has 0 aliphatic heterocycles. The van der Waals surface area contributed by atoms with Crippen LogP contribution in [-0.2, 0) is 0 Å². The smallest absolute Gasteiger partial charge is 0.238 e. The number of aromatic nitrogens is 5. The van der Waals surface area contributed by atoms with Crippen molar-refractivity contribution in [1.29, 1.82) is 0 Å². The second-order valence-electron chi connectivity index (χ2n) is 11.5. The number of hydrogen-bond donors (Lipinski definition) is 1. The third-order valence-corrected chi connectivity index (χ3v) is 8.98. The Morgan fingerprint density at radius 1 is 0.565 bits per heavy atom. The van der Waals surface area contributed by atoms with Gasteiger partial charge in [0.15, 0.2) is 5.82 Å². The normalized spacial score (nSPS) is 11.6. The maximum absolute atomic E-state index is 5.04. The minimum atomic E-state index is 0.613. The predicted molar refractivity (Wildman–Crippen MR) is 193 cm³/mol. The van der Waals surface area contributed by atoms with E-state index < -0.39 is 0 Å². The molecule has 5 nitrogen and oxygen atoms in total. The van der Waals surface area contributed by atoms with E-state index in [2.05, 4.69) is 126 Å². The Hall–Kier alpha value is -5.81. The first-order valence-electron chi connectivity index (χ1n) is 15.8. The second-order valence-corrected chi connectivity index (χ2v) is 11.5. The minimum absolute atomic E-state index is 0.613. The van der Waals surface area contributed by atoms with E-state index in [1.54, 1.807) is 0 Å². The van der Waals surface area contributed by atoms with Gasteiger partial charge in [-0.2, -0.15) is 9.97 Å². The lowest BCUT2D eigenvalue weighted by Crippen LogP contribution is -2.08. The van der Waals surface area contributed by atoms with E-state index in [-0.39, 0.29) is 0 Å². The average molecular weight is 596 g/mol. The Bertz CT molecular complexity index is 2630. The van der Waals surface area contributed by atoms with Gasteiger partial charge in [0, 0.05) is 43.8 Å². The van der Waals surface area contributed by atoms with Gasteiger partial charge in [-0.15, -0.1) is 0 Å². The molecule has 0 fully saturated rings. The lowest BCUT2D eigenvalue weighted by molar-refractivity contribution is 0.877. The third kappa shape index (κ3) is 4.12. The fraction of sp³-hybridized carbons (Fsp3) is 0.0976. The monoisotopic (exact) mass is 595 g/mol. The number of hydrogen-bond acceptors (Lipinski definition) is 3. The molecule has 0 saturated carbocycles. The number of aromatic amines is 1. The molecule has 0 radical (unpaired) electrons. The Labute approximate surface area is 266 Å². The van der Waals surface area contributed by atoms with E-state index in [0.29, 0.717) is 17.6 Å². The molecule has 0 aliphatic rings. The summed E-state index contributed by atoms with van der Waals surface area (Å²) in [5.74, 6) is 1.95. The van der Waals surface area contributed by atoms with E-state index in [1.165, 1.54) is 32.5 Å². The van der Waals surface area contributed by atoms with Crippen molar-refractivity contribution in [2.24, 2.45) is 0 Å². The largest absolute Gasteiger partial charge is 0.354 e. The summed E-state index contributed by atoms with van der Waals surface area (Å²) in [6.45, 7) is 12.7. The topological polar surface area (TPSA) is 59.4 Å². The summed E-state index contributed by atoms with van der Waals surface area (Å²) < 4.78 is 2.17. The molecule has 0 unspecified atom stereocenters. The van der Waals surface area contributed by atoms with Crippen molar-refractivity contribution in [2.75, 3.05) is 0 Å². The van der Waals surface area contributed by atoms with Crippen LogP contribution < -0.4 is 5.22 Å². The minimum Gasteiger partial charge on any atom is -0.354 e.